The number of hydrogen-bond acceptors (Lipinski definition) is 3. The molecule has 1 aromatic carbocycles. The predicted molar refractivity (Wildman–Crippen MR) is 121 cm³/mol. The van der Waals surface area contributed by atoms with Gasteiger partial charge in [0.25, 0.3) is 0 Å². The topological polar surface area (TPSA) is 50.2 Å². The highest BCUT2D eigenvalue weighted by molar-refractivity contribution is 7.19. The van der Waals surface area contributed by atoms with Gasteiger partial charge >= 0.3 is 5.97 Å². The lowest BCUT2D eigenvalue weighted by Gasteiger charge is -2.17. The molecule has 0 atom stereocenters. The number of thiophene rings is 1. The van der Waals surface area contributed by atoms with Crippen LogP contribution in [-0.2, 0) is 30.5 Å². The average Bonchev–Trinajstić information content (AvgIpc) is 3.08. The van der Waals surface area contributed by atoms with Crippen molar-refractivity contribution >= 4 is 27.5 Å². The van der Waals surface area contributed by atoms with Crippen LogP contribution in [0.1, 0.15) is 66.3 Å². The Bertz CT molecular complexity index is 1030. The monoisotopic (exact) mass is 407 g/mol. The number of hydrogen-bond donors (Lipinski definition) is 1. The van der Waals surface area contributed by atoms with Gasteiger partial charge in [0.05, 0.1) is 0 Å². The summed E-state index contributed by atoms with van der Waals surface area (Å²) in [5, 5.41) is 10.4. The number of aliphatic carboxylic acids is 1. The molecule has 3 aromatic rings. The molecule has 0 unspecified atom stereocenters. The van der Waals surface area contributed by atoms with E-state index in [0.29, 0.717) is 6.42 Å². The summed E-state index contributed by atoms with van der Waals surface area (Å²) in [6, 6.07) is 9.01. The van der Waals surface area contributed by atoms with E-state index in [2.05, 4.69) is 38.1 Å². The number of fused-ring (bicyclic) bond motifs is 3. The van der Waals surface area contributed by atoms with Crippen molar-refractivity contribution in [2.45, 2.75) is 71.6 Å². The van der Waals surface area contributed by atoms with Crippen LogP contribution < -0.4 is 0 Å². The zero-order valence-electron chi connectivity index (χ0n) is 17.4. The third-order valence-corrected chi connectivity index (χ3v) is 7.31. The molecule has 29 heavy (non-hydrogen) atoms. The Labute approximate surface area is 176 Å². The molecule has 152 valence electrons. The zero-order valence-corrected chi connectivity index (χ0v) is 18.2. The van der Waals surface area contributed by atoms with E-state index in [9.17, 15) is 4.79 Å². The van der Waals surface area contributed by atoms with Crippen molar-refractivity contribution in [1.29, 1.82) is 0 Å². The van der Waals surface area contributed by atoms with E-state index in [0.717, 1.165) is 31.4 Å². The summed E-state index contributed by atoms with van der Waals surface area (Å²) in [4.78, 5) is 18.6. The van der Waals surface area contributed by atoms with Crippen LogP contribution >= 0.6 is 11.3 Å². The zero-order chi connectivity index (χ0) is 20.4. The second-order valence-corrected chi connectivity index (χ2v) is 9.18. The fourth-order valence-corrected chi connectivity index (χ4v) is 5.87. The van der Waals surface area contributed by atoms with Crippen molar-refractivity contribution < 1.29 is 9.90 Å². The number of carbonyl (C=O) groups is 1. The molecule has 4 heteroatoms. The van der Waals surface area contributed by atoms with Crippen LogP contribution in [0.4, 0.5) is 0 Å². The molecule has 1 aliphatic carbocycles. The minimum Gasteiger partial charge on any atom is -0.481 e. The van der Waals surface area contributed by atoms with Gasteiger partial charge in [-0.3, -0.25) is 4.79 Å². The van der Waals surface area contributed by atoms with E-state index in [-0.39, 0.29) is 6.42 Å². The van der Waals surface area contributed by atoms with Gasteiger partial charge in [-0.05, 0) is 86.1 Å². The van der Waals surface area contributed by atoms with E-state index in [1.165, 1.54) is 62.2 Å². The van der Waals surface area contributed by atoms with Crippen LogP contribution in [0.5, 0.6) is 0 Å². The van der Waals surface area contributed by atoms with Gasteiger partial charge in [0.1, 0.15) is 4.83 Å². The number of carboxylic acids is 1. The number of benzene rings is 1. The Balaban J connectivity index is 1.85. The molecule has 0 fully saturated rings. The van der Waals surface area contributed by atoms with Gasteiger partial charge in [-0.2, -0.15) is 0 Å². The Morgan fingerprint density at radius 2 is 1.90 bits per heavy atom. The van der Waals surface area contributed by atoms with Gasteiger partial charge < -0.3 is 5.11 Å². The van der Waals surface area contributed by atoms with Crippen molar-refractivity contribution in [2.24, 2.45) is 0 Å². The number of nitrogens with zero attached hydrogens (tertiary/aromatic N) is 1. The first kappa shape index (κ1) is 20.1. The summed E-state index contributed by atoms with van der Waals surface area (Å²) in [6.07, 6.45) is 8.63. The highest BCUT2D eigenvalue weighted by Gasteiger charge is 2.23. The van der Waals surface area contributed by atoms with Crippen LogP contribution in [0.15, 0.2) is 24.3 Å². The van der Waals surface area contributed by atoms with Crippen molar-refractivity contribution in [3.63, 3.8) is 0 Å². The number of carboxylic acid groups (broad SMARTS) is 1. The molecular formula is C25H29NO2S. The Kier molecular flexibility index (Phi) is 6.00. The molecule has 1 aliphatic rings. The van der Waals surface area contributed by atoms with Crippen molar-refractivity contribution in [3.05, 3.63) is 51.5 Å². The molecule has 0 saturated carbocycles. The Morgan fingerprint density at radius 1 is 1.14 bits per heavy atom. The van der Waals surface area contributed by atoms with Gasteiger partial charge in [-0.15, -0.1) is 11.3 Å². The minimum absolute atomic E-state index is 0.239. The van der Waals surface area contributed by atoms with E-state index in [4.69, 9.17) is 10.1 Å². The molecule has 0 aliphatic heterocycles. The summed E-state index contributed by atoms with van der Waals surface area (Å²) in [5.74, 6) is -0.711. The van der Waals surface area contributed by atoms with Gasteiger partial charge in [0.2, 0.25) is 0 Å². The highest BCUT2D eigenvalue weighted by Crippen LogP contribution is 2.43. The maximum Gasteiger partial charge on any atom is 0.303 e. The van der Waals surface area contributed by atoms with Crippen LogP contribution in [0, 0.1) is 6.92 Å². The third kappa shape index (κ3) is 4.09. The predicted octanol–water partition coefficient (Wildman–Crippen LogP) is 6.51. The molecule has 0 bridgehead atoms. The lowest BCUT2D eigenvalue weighted by molar-refractivity contribution is -0.137. The molecule has 2 heterocycles. The Morgan fingerprint density at radius 3 is 2.62 bits per heavy atom. The first-order chi connectivity index (χ1) is 14.1. The second kappa shape index (κ2) is 8.66. The van der Waals surface area contributed by atoms with Crippen LogP contribution in [0.3, 0.4) is 0 Å². The molecule has 2 aromatic heterocycles. The first-order valence-electron chi connectivity index (χ1n) is 10.8. The molecule has 0 saturated heterocycles. The van der Waals surface area contributed by atoms with Crippen molar-refractivity contribution in [1.82, 2.24) is 4.98 Å². The molecule has 3 nitrogen and oxygen atoms in total. The maximum atomic E-state index is 10.9. The van der Waals surface area contributed by atoms with E-state index >= 15 is 0 Å². The molecular weight excluding hydrogens is 378 g/mol. The normalized spacial score (nSPS) is 13.6. The van der Waals surface area contributed by atoms with Crippen LogP contribution in [0.25, 0.3) is 21.3 Å². The fraction of sp³-hybridized carbons (Fsp3) is 0.440. The SMILES string of the molecule is CCc1ccc(-c2c(CCCCC(=O)O)c(C)nc3sc4c(c23)CCCC4)cc1. The summed E-state index contributed by atoms with van der Waals surface area (Å²) in [7, 11) is 0. The minimum atomic E-state index is -0.711. The summed E-state index contributed by atoms with van der Waals surface area (Å²) >= 11 is 1.88. The lowest BCUT2D eigenvalue weighted by Crippen LogP contribution is -2.03. The van der Waals surface area contributed by atoms with Gasteiger partial charge in [0.15, 0.2) is 0 Å². The smallest absolute Gasteiger partial charge is 0.303 e. The van der Waals surface area contributed by atoms with Gasteiger partial charge in [0, 0.05) is 22.4 Å². The number of aromatic nitrogens is 1. The average molecular weight is 408 g/mol. The molecule has 0 spiro atoms. The molecule has 1 N–H and O–H groups in total. The molecule has 0 amide bonds. The van der Waals surface area contributed by atoms with E-state index < -0.39 is 5.97 Å². The quantitative estimate of drug-likeness (QED) is 0.454. The van der Waals surface area contributed by atoms with Crippen LogP contribution in [-0.4, -0.2) is 16.1 Å². The summed E-state index contributed by atoms with van der Waals surface area (Å²) in [5.41, 5.74) is 7.90. The third-order valence-electron chi connectivity index (χ3n) is 6.13. The van der Waals surface area contributed by atoms with Gasteiger partial charge in [-0.25, -0.2) is 4.98 Å². The lowest BCUT2D eigenvalue weighted by atomic mass is 9.88. The molecule has 0 radical (unpaired) electrons. The second-order valence-electron chi connectivity index (χ2n) is 8.09. The Hall–Kier alpha value is -2.20. The number of unbranched alkanes of at least 4 members (excludes halogenated alkanes) is 1. The van der Waals surface area contributed by atoms with Crippen molar-refractivity contribution in [2.75, 3.05) is 0 Å². The van der Waals surface area contributed by atoms with E-state index in [1.54, 1.807) is 0 Å². The standard InChI is InChI=1S/C25H29NO2S/c1-3-17-12-14-18(15-13-17)23-19(8-5-7-11-22(27)28)16(2)26-25-24(23)20-9-4-6-10-21(20)29-25/h12-15H,3-11H2,1-2H3,(H,27,28). The molecule has 4 rings (SSSR count). The number of rotatable bonds is 7. The largest absolute Gasteiger partial charge is 0.481 e. The first-order valence-corrected chi connectivity index (χ1v) is 11.6. The van der Waals surface area contributed by atoms with Crippen LogP contribution in [0.2, 0.25) is 0 Å². The number of pyridine rings is 1. The maximum absolute atomic E-state index is 10.9. The van der Waals surface area contributed by atoms with Gasteiger partial charge in [-0.1, -0.05) is 31.2 Å². The van der Waals surface area contributed by atoms with Crippen molar-refractivity contribution in [3.8, 4) is 11.1 Å². The fourth-order valence-electron chi connectivity index (χ4n) is 4.55. The summed E-state index contributed by atoms with van der Waals surface area (Å²) < 4.78 is 0. The highest BCUT2D eigenvalue weighted by atomic mass is 32.1. The summed E-state index contributed by atoms with van der Waals surface area (Å²) in [6.45, 7) is 4.31. The number of aryl methyl sites for hydroxylation is 4. The van der Waals surface area contributed by atoms with E-state index in [1.807, 2.05) is 11.3 Å².